The minimum atomic E-state index is -0.270. The molecule has 3 aromatic rings. The Hall–Kier alpha value is -2.77. The summed E-state index contributed by atoms with van der Waals surface area (Å²) < 4.78 is 30.5. The standard InChI is InChI=1S/C20H20FN3O3/c1-24-10-11-25-18(12-24)20-23-22-19(27-20)16-4-2-3-5-17(16)26-13-14-6-8-15(21)9-7-14/h2-9,18H,10-13H2,1H3. The van der Waals surface area contributed by atoms with Gasteiger partial charge in [0.2, 0.25) is 5.89 Å². The zero-order valence-corrected chi connectivity index (χ0v) is 15.0. The van der Waals surface area contributed by atoms with Gasteiger partial charge in [-0.25, -0.2) is 4.39 Å². The summed E-state index contributed by atoms with van der Waals surface area (Å²) in [6, 6.07) is 13.7. The Balaban J connectivity index is 1.51. The van der Waals surface area contributed by atoms with E-state index in [1.54, 1.807) is 12.1 Å². The molecule has 1 unspecified atom stereocenters. The van der Waals surface area contributed by atoms with E-state index in [0.29, 0.717) is 42.9 Å². The number of nitrogens with zero attached hydrogens (tertiary/aromatic N) is 3. The van der Waals surface area contributed by atoms with Crippen LogP contribution in [-0.2, 0) is 11.3 Å². The number of benzene rings is 2. The second-order valence-electron chi connectivity index (χ2n) is 6.48. The van der Waals surface area contributed by atoms with E-state index >= 15 is 0 Å². The maximum Gasteiger partial charge on any atom is 0.251 e. The van der Waals surface area contributed by atoms with Gasteiger partial charge in [-0.1, -0.05) is 24.3 Å². The molecule has 1 saturated heterocycles. The third-order valence-corrected chi connectivity index (χ3v) is 4.41. The molecule has 0 spiro atoms. The molecule has 6 nitrogen and oxygen atoms in total. The van der Waals surface area contributed by atoms with Crippen molar-refractivity contribution in [1.82, 2.24) is 15.1 Å². The molecular weight excluding hydrogens is 349 g/mol. The Bertz CT molecular complexity index is 897. The van der Waals surface area contributed by atoms with E-state index < -0.39 is 0 Å². The molecule has 0 saturated carbocycles. The number of likely N-dealkylation sites (N-methyl/N-ethyl adjacent to an activating group) is 1. The van der Waals surface area contributed by atoms with Crippen LogP contribution < -0.4 is 4.74 Å². The second kappa shape index (κ2) is 7.85. The van der Waals surface area contributed by atoms with E-state index in [9.17, 15) is 4.39 Å². The Kier molecular flexibility index (Phi) is 5.13. The van der Waals surface area contributed by atoms with Crippen molar-refractivity contribution in [3.63, 3.8) is 0 Å². The van der Waals surface area contributed by atoms with Crippen LogP contribution in [0.15, 0.2) is 52.9 Å². The molecule has 1 atom stereocenters. The number of hydrogen-bond acceptors (Lipinski definition) is 6. The van der Waals surface area contributed by atoms with Crippen LogP contribution in [-0.4, -0.2) is 41.8 Å². The van der Waals surface area contributed by atoms with E-state index in [1.807, 2.05) is 31.3 Å². The van der Waals surface area contributed by atoms with E-state index in [0.717, 1.165) is 12.1 Å². The third kappa shape index (κ3) is 4.15. The average Bonchev–Trinajstić information content (AvgIpc) is 3.18. The monoisotopic (exact) mass is 369 g/mol. The number of aromatic nitrogens is 2. The molecule has 0 bridgehead atoms. The zero-order valence-electron chi connectivity index (χ0n) is 15.0. The lowest BCUT2D eigenvalue weighted by molar-refractivity contribution is -0.0341. The number of hydrogen-bond donors (Lipinski definition) is 0. The van der Waals surface area contributed by atoms with Gasteiger partial charge in [0.05, 0.1) is 12.2 Å². The molecule has 0 amide bonds. The highest BCUT2D eigenvalue weighted by atomic mass is 19.1. The van der Waals surface area contributed by atoms with Crippen molar-refractivity contribution < 1.29 is 18.3 Å². The zero-order chi connectivity index (χ0) is 18.6. The Morgan fingerprint density at radius 2 is 1.96 bits per heavy atom. The maximum atomic E-state index is 13.0. The first-order valence-corrected chi connectivity index (χ1v) is 8.79. The molecule has 4 rings (SSSR count). The van der Waals surface area contributed by atoms with Gasteiger partial charge < -0.3 is 18.8 Å². The fourth-order valence-corrected chi connectivity index (χ4v) is 2.91. The first-order chi connectivity index (χ1) is 13.2. The predicted molar refractivity (Wildman–Crippen MR) is 96.7 cm³/mol. The minimum absolute atomic E-state index is 0.225. The highest BCUT2D eigenvalue weighted by Gasteiger charge is 2.25. The van der Waals surface area contributed by atoms with Gasteiger partial charge >= 0.3 is 0 Å². The molecule has 0 N–H and O–H groups in total. The van der Waals surface area contributed by atoms with Crippen LogP contribution in [0.5, 0.6) is 5.75 Å². The maximum absolute atomic E-state index is 13.0. The lowest BCUT2D eigenvalue weighted by Gasteiger charge is -2.27. The third-order valence-electron chi connectivity index (χ3n) is 4.41. The molecule has 2 heterocycles. The number of ether oxygens (including phenoxy) is 2. The van der Waals surface area contributed by atoms with Crippen molar-refractivity contribution >= 4 is 0 Å². The summed E-state index contributed by atoms with van der Waals surface area (Å²) in [5, 5.41) is 8.32. The quantitative estimate of drug-likeness (QED) is 0.686. The number of morpholine rings is 1. The summed E-state index contributed by atoms with van der Waals surface area (Å²) in [5.74, 6) is 1.20. The van der Waals surface area contributed by atoms with Crippen molar-refractivity contribution in [3.05, 3.63) is 65.8 Å². The van der Waals surface area contributed by atoms with Gasteiger partial charge in [0.1, 0.15) is 24.3 Å². The smallest absolute Gasteiger partial charge is 0.251 e. The minimum Gasteiger partial charge on any atom is -0.488 e. The molecule has 7 heteroatoms. The van der Waals surface area contributed by atoms with Crippen molar-refractivity contribution in [2.24, 2.45) is 0 Å². The van der Waals surface area contributed by atoms with Crippen LogP contribution in [0.4, 0.5) is 4.39 Å². The number of halogens is 1. The molecule has 1 aliphatic rings. The van der Waals surface area contributed by atoms with Crippen molar-refractivity contribution in [2.45, 2.75) is 12.7 Å². The van der Waals surface area contributed by atoms with Gasteiger partial charge in [-0.15, -0.1) is 10.2 Å². The van der Waals surface area contributed by atoms with Crippen molar-refractivity contribution in [1.29, 1.82) is 0 Å². The van der Waals surface area contributed by atoms with Gasteiger partial charge in [0.25, 0.3) is 5.89 Å². The summed E-state index contributed by atoms with van der Waals surface area (Å²) in [7, 11) is 2.03. The normalized spacial score (nSPS) is 17.8. The largest absolute Gasteiger partial charge is 0.488 e. The summed E-state index contributed by atoms with van der Waals surface area (Å²) in [6.07, 6.45) is -0.225. The first-order valence-electron chi connectivity index (χ1n) is 8.79. The van der Waals surface area contributed by atoms with Gasteiger partial charge in [-0.05, 0) is 36.9 Å². The van der Waals surface area contributed by atoms with E-state index in [1.165, 1.54) is 12.1 Å². The Morgan fingerprint density at radius 3 is 2.78 bits per heavy atom. The summed E-state index contributed by atoms with van der Waals surface area (Å²) in [6.45, 7) is 2.55. The molecule has 0 aliphatic carbocycles. The van der Waals surface area contributed by atoms with Crippen LogP contribution in [0, 0.1) is 5.82 Å². The predicted octanol–water partition coefficient (Wildman–Crippen LogP) is 3.46. The topological polar surface area (TPSA) is 60.6 Å². The van der Waals surface area contributed by atoms with Crippen LogP contribution in [0.1, 0.15) is 17.6 Å². The van der Waals surface area contributed by atoms with Gasteiger partial charge in [-0.2, -0.15) is 0 Å². The highest BCUT2D eigenvalue weighted by Crippen LogP contribution is 2.31. The second-order valence-corrected chi connectivity index (χ2v) is 6.48. The lowest BCUT2D eigenvalue weighted by Crippen LogP contribution is -2.35. The molecule has 27 heavy (non-hydrogen) atoms. The molecule has 140 valence electrons. The Morgan fingerprint density at radius 1 is 1.15 bits per heavy atom. The van der Waals surface area contributed by atoms with Crippen molar-refractivity contribution in [2.75, 3.05) is 26.7 Å². The van der Waals surface area contributed by atoms with Crippen LogP contribution in [0.2, 0.25) is 0 Å². The summed E-state index contributed by atoms with van der Waals surface area (Å²) >= 11 is 0. The van der Waals surface area contributed by atoms with Crippen LogP contribution in [0.25, 0.3) is 11.5 Å². The molecule has 1 aliphatic heterocycles. The first kappa shape index (κ1) is 17.6. The van der Waals surface area contributed by atoms with Gasteiger partial charge in [0, 0.05) is 13.1 Å². The fraction of sp³-hybridized carbons (Fsp3) is 0.300. The van der Waals surface area contributed by atoms with Gasteiger partial charge in [-0.3, -0.25) is 0 Å². The van der Waals surface area contributed by atoms with E-state index in [4.69, 9.17) is 13.9 Å². The average molecular weight is 369 g/mol. The fourth-order valence-electron chi connectivity index (χ4n) is 2.91. The summed E-state index contributed by atoms with van der Waals surface area (Å²) in [4.78, 5) is 2.16. The SMILES string of the molecule is CN1CCOC(c2nnc(-c3ccccc3OCc3ccc(F)cc3)o2)C1. The lowest BCUT2D eigenvalue weighted by atomic mass is 10.2. The Labute approximate surface area is 156 Å². The van der Waals surface area contributed by atoms with E-state index in [-0.39, 0.29) is 11.9 Å². The van der Waals surface area contributed by atoms with Crippen LogP contribution >= 0.6 is 0 Å². The molecule has 2 aromatic carbocycles. The van der Waals surface area contributed by atoms with E-state index in [2.05, 4.69) is 15.1 Å². The molecular formula is C20H20FN3O3. The summed E-state index contributed by atoms with van der Waals surface area (Å²) in [5.41, 5.74) is 1.58. The number of para-hydroxylation sites is 1. The number of rotatable bonds is 5. The molecule has 1 aromatic heterocycles. The molecule has 0 radical (unpaired) electrons. The van der Waals surface area contributed by atoms with Gasteiger partial charge in [0.15, 0.2) is 0 Å². The van der Waals surface area contributed by atoms with Crippen molar-refractivity contribution in [3.8, 4) is 17.2 Å². The highest BCUT2D eigenvalue weighted by molar-refractivity contribution is 5.62. The molecule has 1 fully saturated rings. The van der Waals surface area contributed by atoms with Crippen LogP contribution in [0.3, 0.4) is 0 Å².